The summed E-state index contributed by atoms with van der Waals surface area (Å²) in [4.78, 5) is 17.8. The van der Waals surface area contributed by atoms with Gasteiger partial charge in [-0.25, -0.2) is 19.9 Å². The molecule has 5 aromatic heterocycles. The van der Waals surface area contributed by atoms with Gasteiger partial charge in [0.15, 0.2) is 11.5 Å². The number of rotatable bonds is 6. The monoisotopic (exact) mass is 418 g/mol. The molecule has 10 heteroatoms. The van der Waals surface area contributed by atoms with Gasteiger partial charge in [-0.05, 0) is 30.7 Å². The second kappa shape index (κ2) is 7.71. The first kappa shape index (κ1) is 19.0. The molecule has 0 saturated carbocycles. The molecule has 9 nitrogen and oxygen atoms in total. The second-order valence-electron chi connectivity index (χ2n) is 7.07. The molecule has 0 radical (unpaired) electrons. The maximum absolute atomic E-state index is 13.6. The van der Waals surface area contributed by atoms with Crippen LogP contribution in [0.2, 0.25) is 0 Å². The number of hydrogen-bond acceptors (Lipinski definition) is 7. The van der Waals surface area contributed by atoms with Crippen LogP contribution in [-0.4, -0.2) is 39.3 Å². The fourth-order valence-electron chi connectivity index (χ4n) is 3.50. The summed E-state index contributed by atoms with van der Waals surface area (Å²) < 4.78 is 23.1. The number of aryl methyl sites for hydroxylation is 2. The highest BCUT2D eigenvalue weighted by Gasteiger charge is 2.17. The van der Waals surface area contributed by atoms with Crippen LogP contribution in [0, 0.1) is 12.9 Å². The third-order valence-corrected chi connectivity index (χ3v) is 4.84. The Bertz CT molecular complexity index is 1370. The molecule has 156 valence electrons. The Morgan fingerprint density at radius 3 is 2.71 bits per heavy atom. The number of pyridine rings is 2. The normalized spacial score (nSPS) is 11.5. The van der Waals surface area contributed by atoms with Gasteiger partial charge < -0.3 is 13.6 Å². The zero-order chi connectivity index (χ0) is 21.4. The highest BCUT2D eigenvalue weighted by molar-refractivity contribution is 5.74. The maximum Gasteiger partial charge on any atom is 0.266 e. The van der Waals surface area contributed by atoms with Crippen LogP contribution in [0.4, 0.5) is 4.39 Å². The number of hydrogen-bond donors (Lipinski definition) is 0. The van der Waals surface area contributed by atoms with Gasteiger partial charge in [-0.2, -0.15) is 4.39 Å². The van der Waals surface area contributed by atoms with Crippen LogP contribution in [0.5, 0.6) is 0 Å². The fraction of sp³-hybridized carbons (Fsp3) is 0.238. The van der Waals surface area contributed by atoms with Gasteiger partial charge in [-0.15, -0.1) is 10.2 Å². The van der Waals surface area contributed by atoms with Crippen molar-refractivity contribution < 1.29 is 8.81 Å². The molecule has 0 atom stereocenters. The van der Waals surface area contributed by atoms with Crippen molar-refractivity contribution in [3.63, 3.8) is 0 Å². The summed E-state index contributed by atoms with van der Waals surface area (Å²) in [7, 11) is 0. The largest absolute Gasteiger partial charge is 0.420 e. The number of nitrogens with zero attached hydrogens (tertiary/aromatic N) is 8. The van der Waals surface area contributed by atoms with E-state index in [0.717, 1.165) is 30.0 Å². The first-order chi connectivity index (χ1) is 15.1. The lowest BCUT2D eigenvalue weighted by Gasteiger charge is -2.10. The smallest absolute Gasteiger partial charge is 0.266 e. The number of aromatic nitrogens is 8. The average molecular weight is 418 g/mol. The van der Waals surface area contributed by atoms with Crippen LogP contribution in [-0.2, 0) is 13.1 Å². The summed E-state index contributed by atoms with van der Waals surface area (Å²) >= 11 is 0. The van der Waals surface area contributed by atoms with Crippen LogP contribution in [0.1, 0.15) is 25.1 Å². The molecule has 0 spiro atoms. The number of imidazole rings is 2. The second-order valence-corrected chi connectivity index (χ2v) is 7.07. The third-order valence-electron chi connectivity index (χ3n) is 4.84. The van der Waals surface area contributed by atoms with E-state index in [4.69, 9.17) is 14.4 Å². The van der Waals surface area contributed by atoms with Crippen LogP contribution >= 0.6 is 0 Å². The maximum atomic E-state index is 13.6. The molecule has 5 rings (SSSR count). The molecule has 0 aliphatic carbocycles. The average Bonchev–Trinajstić information content (AvgIpc) is 3.48. The summed E-state index contributed by atoms with van der Waals surface area (Å²) in [6, 6.07) is 8.38. The van der Waals surface area contributed by atoms with Gasteiger partial charge in [-0.1, -0.05) is 13.0 Å². The molecule has 5 heterocycles. The van der Waals surface area contributed by atoms with Crippen molar-refractivity contribution in [2.75, 3.05) is 0 Å². The molecule has 0 fully saturated rings. The fourth-order valence-corrected chi connectivity index (χ4v) is 3.50. The topological polar surface area (TPSA) is 100 Å². The van der Waals surface area contributed by atoms with Crippen molar-refractivity contribution in [3.8, 4) is 23.1 Å². The van der Waals surface area contributed by atoms with Gasteiger partial charge in [0.25, 0.3) is 5.89 Å². The van der Waals surface area contributed by atoms with Gasteiger partial charge in [0.1, 0.15) is 22.7 Å². The molecule has 5 aromatic rings. The van der Waals surface area contributed by atoms with E-state index in [0.29, 0.717) is 35.5 Å². The third kappa shape index (κ3) is 3.56. The summed E-state index contributed by atoms with van der Waals surface area (Å²) in [5.74, 6) is 1.71. The Kier molecular flexibility index (Phi) is 4.73. The van der Waals surface area contributed by atoms with Crippen molar-refractivity contribution in [2.24, 2.45) is 0 Å². The summed E-state index contributed by atoms with van der Waals surface area (Å²) in [6.45, 7) is 5.02. The molecule has 31 heavy (non-hydrogen) atoms. The molecule has 0 aromatic carbocycles. The molecule has 0 N–H and O–H groups in total. The van der Waals surface area contributed by atoms with Crippen molar-refractivity contribution >= 4 is 11.2 Å². The van der Waals surface area contributed by atoms with Gasteiger partial charge in [-0.3, -0.25) is 0 Å². The highest BCUT2D eigenvalue weighted by atomic mass is 19.1. The van der Waals surface area contributed by atoms with Crippen LogP contribution in [0.15, 0.2) is 47.1 Å². The van der Waals surface area contributed by atoms with E-state index < -0.39 is 5.95 Å². The van der Waals surface area contributed by atoms with Crippen molar-refractivity contribution in [1.29, 1.82) is 0 Å². The zero-order valence-electron chi connectivity index (χ0n) is 17.0. The van der Waals surface area contributed by atoms with Crippen molar-refractivity contribution in [1.82, 2.24) is 39.3 Å². The first-order valence-corrected chi connectivity index (χ1v) is 9.93. The van der Waals surface area contributed by atoms with E-state index in [1.807, 2.05) is 22.9 Å². The van der Waals surface area contributed by atoms with Crippen LogP contribution in [0.3, 0.4) is 0 Å². The predicted molar refractivity (Wildman–Crippen MR) is 110 cm³/mol. The molecule has 0 aliphatic heterocycles. The molecular formula is C21H19FN8O. The Morgan fingerprint density at radius 2 is 1.94 bits per heavy atom. The molecular weight excluding hydrogens is 399 g/mol. The summed E-state index contributed by atoms with van der Waals surface area (Å²) in [5.41, 5.74) is 2.59. The Morgan fingerprint density at radius 1 is 1.03 bits per heavy atom. The number of halogens is 1. The van der Waals surface area contributed by atoms with Crippen molar-refractivity contribution in [3.05, 3.63) is 60.4 Å². The Labute approximate surface area is 176 Å². The highest BCUT2D eigenvalue weighted by Crippen LogP contribution is 2.23. The van der Waals surface area contributed by atoms with E-state index in [1.165, 1.54) is 6.07 Å². The molecule has 0 unspecified atom stereocenters. The van der Waals surface area contributed by atoms with Crippen LogP contribution < -0.4 is 0 Å². The predicted octanol–water partition coefficient (Wildman–Crippen LogP) is 3.65. The molecule has 0 amide bonds. The summed E-state index contributed by atoms with van der Waals surface area (Å²) in [6.07, 6.45) is 4.41. The van der Waals surface area contributed by atoms with E-state index in [1.54, 1.807) is 25.3 Å². The minimum Gasteiger partial charge on any atom is -0.420 e. The minimum atomic E-state index is -0.543. The molecule has 0 aliphatic rings. The van der Waals surface area contributed by atoms with Crippen LogP contribution in [0.25, 0.3) is 34.3 Å². The van der Waals surface area contributed by atoms with Gasteiger partial charge in [0, 0.05) is 25.9 Å². The lowest BCUT2D eigenvalue weighted by molar-refractivity contribution is 0.531. The Balaban J connectivity index is 1.56. The SMILES string of the molecule is CCCn1c(Cn2ccnc2-c2cccc(F)n2)nc2ccc(-c3nnc(C)o3)nc21. The van der Waals surface area contributed by atoms with Crippen molar-refractivity contribution in [2.45, 2.75) is 33.4 Å². The Hall–Kier alpha value is -3.95. The van der Waals surface area contributed by atoms with E-state index >= 15 is 0 Å². The van der Waals surface area contributed by atoms with E-state index in [-0.39, 0.29) is 0 Å². The quantitative estimate of drug-likeness (QED) is 0.388. The lowest BCUT2D eigenvalue weighted by atomic mass is 10.3. The minimum absolute atomic E-state index is 0.374. The zero-order valence-corrected chi connectivity index (χ0v) is 17.0. The lowest BCUT2D eigenvalue weighted by Crippen LogP contribution is -2.10. The first-order valence-electron chi connectivity index (χ1n) is 9.93. The number of fused-ring (bicyclic) bond motifs is 1. The van der Waals surface area contributed by atoms with E-state index in [9.17, 15) is 4.39 Å². The van der Waals surface area contributed by atoms with E-state index in [2.05, 4.69) is 31.7 Å². The van der Waals surface area contributed by atoms with Gasteiger partial charge in [0.05, 0.1) is 6.54 Å². The summed E-state index contributed by atoms with van der Waals surface area (Å²) in [5, 5.41) is 7.94. The van der Waals surface area contributed by atoms with Gasteiger partial charge in [0.2, 0.25) is 11.8 Å². The van der Waals surface area contributed by atoms with Gasteiger partial charge >= 0.3 is 0 Å². The molecule has 0 bridgehead atoms. The standard InChI is InChI=1S/C21H19FN8O/c1-3-10-30-18(12-29-11-9-23-19(29)14-5-4-6-17(22)24-14)25-15-7-8-16(26-20(15)30)21-28-27-13(2)31-21/h4-9,11H,3,10,12H2,1-2H3. The molecule has 0 saturated heterocycles.